The van der Waals surface area contributed by atoms with Gasteiger partial charge in [-0.1, -0.05) is 27.2 Å². The number of rotatable bonds is 5. The van der Waals surface area contributed by atoms with Crippen LogP contribution in [-0.2, 0) is 17.0 Å². The second-order valence-electron chi connectivity index (χ2n) is 8.90. The molecule has 0 unspecified atom stereocenters. The highest BCUT2D eigenvalue weighted by atomic mass is 32.2. The van der Waals surface area contributed by atoms with E-state index in [4.69, 9.17) is 9.40 Å². The Morgan fingerprint density at radius 1 is 1.29 bits per heavy atom. The van der Waals surface area contributed by atoms with E-state index in [9.17, 15) is 10.1 Å². The summed E-state index contributed by atoms with van der Waals surface area (Å²) in [4.78, 5) is 21.5. The number of thioether (sulfide) groups is 1. The number of nitriles is 1. The third-order valence-corrected chi connectivity index (χ3v) is 7.50. The first-order valence-corrected chi connectivity index (χ1v) is 12.1. The second kappa shape index (κ2) is 8.96. The minimum atomic E-state index is 0.0715. The number of unbranched alkanes of at least 4 members (excludes halogenated alkanes) is 1. The Balaban J connectivity index is 1.68. The fraction of sp³-hybridized carbons (Fsp3) is 0.542. The van der Waals surface area contributed by atoms with Crippen LogP contribution in [0.1, 0.15) is 56.7 Å². The first kappa shape index (κ1) is 21.8. The number of nitrogens with zero attached hydrogens (tertiary/aromatic N) is 4. The number of fused-ring (bicyclic) bond motifs is 1. The molecule has 2 aromatic rings. The van der Waals surface area contributed by atoms with Gasteiger partial charge >= 0.3 is 0 Å². The van der Waals surface area contributed by atoms with Gasteiger partial charge < -0.3 is 14.2 Å². The highest BCUT2D eigenvalue weighted by Crippen LogP contribution is 2.44. The standard InChI is InChI=1S/C24H30N4O2S/c1-4-5-8-21(29)27-9-11-28(12-10-27)23-18(15-25)17-14-24(2,3)31-16-19(17)22(26-23)20-7-6-13-30-20/h6-7,13H,4-5,8-12,14,16H2,1-3H3. The molecule has 1 amide bonds. The Morgan fingerprint density at radius 2 is 2.06 bits per heavy atom. The molecule has 0 saturated carbocycles. The number of carbonyl (C=O) groups is 1. The maximum absolute atomic E-state index is 12.4. The van der Waals surface area contributed by atoms with E-state index in [0.717, 1.165) is 53.4 Å². The smallest absolute Gasteiger partial charge is 0.222 e. The number of piperazine rings is 1. The van der Waals surface area contributed by atoms with Crippen LogP contribution in [0.15, 0.2) is 22.8 Å². The van der Waals surface area contributed by atoms with Gasteiger partial charge in [0.05, 0.1) is 11.8 Å². The van der Waals surface area contributed by atoms with Gasteiger partial charge in [-0.05, 0) is 36.1 Å². The Bertz CT molecular complexity index is 986. The van der Waals surface area contributed by atoms with Crippen LogP contribution in [0.2, 0.25) is 0 Å². The summed E-state index contributed by atoms with van der Waals surface area (Å²) in [5.74, 6) is 2.53. The largest absolute Gasteiger partial charge is 0.463 e. The quantitative estimate of drug-likeness (QED) is 0.678. The Hall–Kier alpha value is -2.46. The van der Waals surface area contributed by atoms with Gasteiger partial charge in [-0.25, -0.2) is 4.98 Å². The molecule has 0 spiro atoms. The van der Waals surface area contributed by atoms with Crippen LogP contribution in [0.4, 0.5) is 5.82 Å². The van der Waals surface area contributed by atoms with Crippen LogP contribution in [0.5, 0.6) is 0 Å². The molecule has 4 rings (SSSR count). The molecule has 0 aliphatic carbocycles. The van der Waals surface area contributed by atoms with Gasteiger partial charge in [0, 0.05) is 43.1 Å². The average molecular weight is 439 g/mol. The molecule has 0 atom stereocenters. The van der Waals surface area contributed by atoms with E-state index in [0.29, 0.717) is 38.2 Å². The van der Waals surface area contributed by atoms with Gasteiger partial charge in [0.2, 0.25) is 5.91 Å². The predicted molar refractivity (Wildman–Crippen MR) is 124 cm³/mol. The van der Waals surface area contributed by atoms with Crippen molar-refractivity contribution in [1.29, 1.82) is 5.26 Å². The Labute approximate surface area is 188 Å². The van der Waals surface area contributed by atoms with Crippen molar-refractivity contribution >= 4 is 23.5 Å². The number of hydrogen-bond donors (Lipinski definition) is 0. The zero-order chi connectivity index (χ0) is 22.0. The van der Waals surface area contributed by atoms with E-state index in [-0.39, 0.29) is 10.7 Å². The monoisotopic (exact) mass is 438 g/mol. The lowest BCUT2D eigenvalue weighted by atomic mass is 9.91. The lowest BCUT2D eigenvalue weighted by molar-refractivity contribution is -0.131. The SMILES string of the molecule is CCCCC(=O)N1CCN(c2nc(-c3ccco3)c3c(c2C#N)CC(C)(C)SC3)CC1. The zero-order valence-electron chi connectivity index (χ0n) is 18.6. The van der Waals surface area contributed by atoms with Crippen LogP contribution in [0.3, 0.4) is 0 Å². The van der Waals surface area contributed by atoms with E-state index in [1.54, 1.807) is 6.26 Å². The highest BCUT2D eigenvalue weighted by Gasteiger charge is 2.34. The molecule has 31 heavy (non-hydrogen) atoms. The summed E-state index contributed by atoms with van der Waals surface area (Å²) in [6.45, 7) is 9.28. The van der Waals surface area contributed by atoms with Crippen molar-refractivity contribution in [3.63, 3.8) is 0 Å². The van der Waals surface area contributed by atoms with Gasteiger partial charge in [-0.2, -0.15) is 17.0 Å². The van der Waals surface area contributed by atoms with Crippen molar-refractivity contribution in [2.24, 2.45) is 0 Å². The summed E-state index contributed by atoms with van der Waals surface area (Å²) in [6, 6.07) is 6.28. The van der Waals surface area contributed by atoms with E-state index in [1.165, 1.54) is 0 Å². The normalized spacial score (nSPS) is 17.9. The van der Waals surface area contributed by atoms with Gasteiger partial charge in [0.25, 0.3) is 0 Å². The topological polar surface area (TPSA) is 73.4 Å². The third-order valence-electron chi connectivity index (χ3n) is 6.15. The van der Waals surface area contributed by atoms with Gasteiger partial charge in [-0.15, -0.1) is 0 Å². The highest BCUT2D eigenvalue weighted by molar-refractivity contribution is 7.99. The lowest BCUT2D eigenvalue weighted by Crippen LogP contribution is -2.49. The number of aromatic nitrogens is 1. The zero-order valence-corrected chi connectivity index (χ0v) is 19.4. The molecule has 0 bridgehead atoms. The van der Waals surface area contributed by atoms with Crippen LogP contribution in [0.25, 0.3) is 11.5 Å². The molecule has 2 aliphatic heterocycles. The van der Waals surface area contributed by atoms with Gasteiger partial charge in [0.1, 0.15) is 17.6 Å². The molecule has 0 radical (unpaired) electrons. The van der Waals surface area contributed by atoms with Crippen molar-refractivity contribution in [1.82, 2.24) is 9.88 Å². The van der Waals surface area contributed by atoms with Crippen molar-refractivity contribution in [2.75, 3.05) is 31.1 Å². The Morgan fingerprint density at radius 3 is 2.71 bits per heavy atom. The van der Waals surface area contributed by atoms with E-state index >= 15 is 0 Å². The summed E-state index contributed by atoms with van der Waals surface area (Å²) >= 11 is 1.90. The summed E-state index contributed by atoms with van der Waals surface area (Å²) < 4.78 is 5.78. The summed E-state index contributed by atoms with van der Waals surface area (Å²) in [5.41, 5.74) is 3.75. The molecule has 1 saturated heterocycles. The summed E-state index contributed by atoms with van der Waals surface area (Å²) in [7, 11) is 0. The maximum atomic E-state index is 12.4. The minimum Gasteiger partial charge on any atom is -0.463 e. The van der Waals surface area contributed by atoms with Crippen molar-refractivity contribution in [2.45, 2.75) is 57.0 Å². The molecule has 2 aliphatic rings. The first-order chi connectivity index (χ1) is 14.9. The van der Waals surface area contributed by atoms with Crippen LogP contribution < -0.4 is 4.90 Å². The molecular weight excluding hydrogens is 408 g/mol. The second-order valence-corrected chi connectivity index (χ2v) is 10.6. The molecule has 2 aromatic heterocycles. The Kier molecular flexibility index (Phi) is 6.29. The van der Waals surface area contributed by atoms with Crippen molar-refractivity contribution < 1.29 is 9.21 Å². The number of pyridine rings is 1. The van der Waals surface area contributed by atoms with Crippen LogP contribution in [-0.4, -0.2) is 46.7 Å². The van der Waals surface area contributed by atoms with Crippen LogP contribution in [0, 0.1) is 11.3 Å². The molecule has 6 nitrogen and oxygen atoms in total. The van der Waals surface area contributed by atoms with E-state index in [1.807, 2.05) is 28.8 Å². The molecule has 1 fully saturated rings. The number of carbonyl (C=O) groups excluding carboxylic acids is 1. The number of hydrogen-bond acceptors (Lipinski definition) is 6. The molecule has 4 heterocycles. The average Bonchev–Trinajstić information content (AvgIpc) is 3.30. The van der Waals surface area contributed by atoms with Crippen molar-refractivity contribution in [3.8, 4) is 17.5 Å². The fourth-order valence-electron chi connectivity index (χ4n) is 4.37. The number of furan rings is 1. The molecule has 0 N–H and O–H groups in total. The molecule has 7 heteroatoms. The predicted octanol–water partition coefficient (Wildman–Crippen LogP) is 4.62. The number of amides is 1. The van der Waals surface area contributed by atoms with E-state index in [2.05, 4.69) is 31.7 Å². The molecule has 0 aromatic carbocycles. The molecule has 164 valence electrons. The lowest BCUT2D eigenvalue weighted by Gasteiger charge is -2.38. The van der Waals surface area contributed by atoms with Crippen LogP contribution >= 0.6 is 11.8 Å². The maximum Gasteiger partial charge on any atom is 0.222 e. The summed E-state index contributed by atoms with van der Waals surface area (Å²) in [5, 5.41) is 10.1. The van der Waals surface area contributed by atoms with Gasteiger partial charge in [0.15, 0.2) is 5.76 Å². The summed E-state index contributed by atoms with van der Waals surface area (Å²) in [6.07, 6.45) is 5.08. The van der Waals surface area contributed by atoms with Gasteiger partial charge in [-0.3, -0.25) is 4.79 Å². The van der Waals surface area contributed by atoms with Crippen molar-refractivity contribution in [3.05, 3.63) is 35.1 Å². The third kappa shape index (κ3) is 4.45. The molecular formula is C24H30N4O2S. The first-order valence-electron chi connectivity index (χ1n) is 11.1. The minimum absolute atomic E-state index is 0.0715. The number of anilines is 1. The fourth-order valence-corrected chi connectivity index (χ4v) is 5.46. The van der Waals surface area contributed by atoms with E-state index < -0.39 is 0 Å².